The van der Waals surface area contributed by atoms with Crippen molar-refractivity contribution in [2.45, 2.75) is 11.8 Å². The standard InChI is InChI=1S/C18H23N5O5S2/c1-13-20-21-18(29-13)19-17(24)15-12-14(30(25,26)23-6-10-28-11-7-23)2-3-16(15)22-4-8-27-9-5-22/h2-3,12H,4-11H2,1H3,(H,19,21,24). The highest BCUT2D eigenvalue weighted by molar-refractivity contribution is 7.89. The van der Waals surface area contributed by atoms with Gasteiger partial charge < -0.3 is 14.4 Å². The molecule has 0 unspecified atom stereocenters. The van der Waals surface area contributed by atoms with Crippen LogP contribution in [0.25, 0.3) is 0 Å². The number of aryl methyl sites for hydroxylation is 1. The van der Waals surface area contributed by atoms with Gasteiger partial charge in [-0.3, -0.25) is 10.1 Å². The zero-order chi connectivity index (χ0) is 21.1. The van der Waals surface area contributed by atoms with Crippen molar-refractivity contribution in [1.29, 1.82) is 0 Å². The zero-order valence-corrected chi connectivity index (χ0v) is 18.2. The third-order valence-corrected chi connectivity index (χ3v) is 7.57. The minimum absolute atomic E-state index is 0.0833. The van der Waals surface area contributed by atoms with E-state index in [1.165, 1.54) is 21.7 Å². The average molecular weight is 454 g/mol. The second-order valence-electron chi connectivity index (χ2n) is 6.88. The molecule has 10 nitrogen and oxygen atoms in total. The van der Waals surface area contributed by atoms with E-state index in [2.05, 4.69) is 15.5 Å². The molecule has 0 spiro atoms. The van der Waals surface area contributed by atoms with Crippen molar-refractivity contribution in [2.24, 2.45) is 0 Å². The minimum Gasteiger partial charge on any atom is -0.379 e. The summed E-state index contributed by atoms with van der Waals surface area (Å²) in [4.78, 5) is 15.2. The number of aromatic nitrogens is 2. The second kappa shape index (κ2) is 8.94. The molecule has 2 aliphatic rings. The third-order valence-electron chi connectivity index (χ3n) is 4.92. The summed E-state index contributed by atoms with van der Waals surface area (Å²) < 4.78 is 38.2. The van der Waals surface area contributed by atoms with Gasteiger partial charge in [-0.15, -0.1) is 10.2 Å². The van der Waals surface area contributed by atoms with Crippen molar-refractivity contribution in [2.75, 3.05) is 62.8 Å². The molecule has 0 bridgehead atoms. The van der Waals surface area contributed by atoms with Crippen molar-refractivity contribution < 1.29 is 22.7 Å². The number of morpholine rings is 2. The van der Waals surface area contributed by atoms with Crippen LogP contribution in [-0.2, 0) is 19.5 Å². The molecule has 0 radical (unpaired) electrons. The molecule has 1 N–H and O–H groups in total. The first kappa shape index (κ1) is 21.1. The number of ether oxygens (including phenoxy) is 2. The summed E-state index contributed by atoms with van der Waals surface area (Å²) in [6.07, 6.45) is 0. The zero-order valence-electron chi connectivity index (χ0n) is 16.5. The summed E-state index contributed by atoms with van der Waals surface area (Å²) >= 11 is 1.26. The number of sulfonamides is 1. The fourth-order valence-corrected chi connectivity index (χ4v) is 5.41. The van der Waals surface area contributed by atoms with Crippen LogP contribution in [-0.4, -0.2) is 81.4 Å². The SMILES string of the molecule is Cc1nnc(NC(=O)c2cc(S(=O)(=O)N3CCOCC3)ccc2N2CCOCC2)s1. The van der Waals surface area contributed by atoms with E-state index in [1.54, 1.807) is 19.1 Å². The summed E-state index contributed by atoms with van der Waals surface area (Å²) in [6.45, 7) is 5.42. The average Bonchev–Trinajstić information content (AvgIpc) is 3.19. The first-order valence-corrected chi connectivity index (χ1v) is 11.9. The summed E-state index contributed by atoms with van der Waals surface area (Å²) in [7, 11) is -3.73. The molecule has 0 atom stereocenters. The quantitative estimate of drug-likeness (QED) is 0.712. The Morgan fingerprint density at radius 2 is 1.73 bits per heavy atom. The van der Waals surface area contributed by atoms with Crippen LogP contribution in [0.15, 0.2) is 23.1 Å². The lowest BCUT2D eigenvalue weighted by Crippen LogP contribution is -2.41. The van der Waals surface area contributed by atoms with Gasteiger partial charge in [0.25, 0.3) is 5.91 Å². The van der Waals surface area contributed by atoms with Crippen molar-refractivity contribution in [3.05, 3.63) is 28.8 Å². The highest BCUT2D eigenvalue weighted by Crippen LogP contribution is 2.28. The maximum absolute atomic E-state index is 13.1. The molecular formula is C18H23N5O5S2. The number of benzene rings is 1. The molecule has 1 aromatic heterocycles. The molecule has 12 heteroatoms. The van der Waals surface area contributed by atoms with Crippen molar-refractivity contribution >= 4 is 38.1 Å². The summed E-state index contributed by atoms with van der Waals surface area (Å²) in [5.41, 5.74) is 0.942. The molecule has 1 amide bonds. The normalized spacial score (nSPS) is 18.4. The largest absolute Gasteiger partial charge is 0.379 e. The molecule has 3 heterocycles. The molecule has 162 valence electrons. The Morgan fingerprint density at radius 1 is 1.07 bits per heavy atom. The van der Waals surface area contributed by atoms with E-state index in [0.717, 1.165) is 5.01 Å². The Kier molecular flexibility index (Phi) is 6.29. The number of carbonyl (C=O) groups excluding carboxylic acids is 1. The van der Waals surface area contributed by atoms with Crippen LogP contribution in [0.4, 0.5) is 10.8 Å². The molecule has 0 aliphatic carbocycles. The lowest BCUT2D eigenvalue weighted by molar-refractivity contribution is 0.0730. The van der Waals surface area contributed by atoms with Crippen LogP contribution < -0.4 is 10.2 Å². The molecule has 4 rings (SSSR count). The van der Waals surface area contributed by atoms with Crippen LogP contribution in [0, 0.1) is 6.92 Å². The summed E-state index contributed by atoms with van der Waals surface area (Å²) in [5.74, 6) is -0.424. The Morgan fingerprint density at radius 3 is 2.37 bits per heavy atom. The number of nitrogens with one attached hydrogen (secondary N) is 1. The van der Waals surface area contributed by atoms with Gasteiger partial charge in [0, 0.05) is 31.9 Å². The number of amides is 1. The first-order chi connectivity index (χ1) is 14.4. The number of carbonyl (C=O) groups is 1. The maximum Gasteiger partial charge on any atom is 0.259 e. The van der Waals surface area contributed by atoms with Gasteiger partial charge in [-0.2, -0.15) is 4.31 Å². The van der Waals surface area contributed by atoms with Gasteiger partial charge in [0.15, 0.2) is 0 Å². The maximum atomic E-state index is 13.1. The molecule has 2 fully saturated rings. The lowest BCUT2D eigenvalue weighted by Gasteiger charge is -2.31. The minimum atomic E-state index is -3.73. The van der Waals surface area contributed by atoms with Crippen molar-refractivity contribution in [3.63, 3.8) is 0 Å². The predicted molar refractivity (Wildman–Crippen MR) is 112 cm³/mol. The lowest BCUT2D eigenvalue weighted by atomic mass is 10.1. The van der Waals surface area contributed by atoms with E-state index in [0.29, 0.717) is 63.4 Å². The fourth-order valence-electron chi connectivity index (χ4n) is 3.39. The summed E-state index contributed by atoms with van der Waals surface area (Å²) in [6, 6.07) is 4.69. The Bertz CT molecular complexity index is 1010. The molecule has 2 aromatic rings. The fraction of sp³-hybridized carbons (Fsp3) is 0.500. The monoisotopic (exact) mass is 453 g/mol. The molecule has 0 saturated carbocycles. The second-order valence-corrected chi connectivity index (χ2v) is 9.99. The molecule has 2 aliphatic heterocycles. The Labute approximate surface area is 178 Å². The van der Waals surface area contributed by atoms with Crippen molar-refractivity contribution in [3.8, 4) is 0 Å². The van der Waals surface area contributed by atoms with E-state index < -0.39 is 15.9 Å². The van der Waals surface area contributed by atoms with E-state index in [-0.39, 0.29) is 10.5 Å². The third kappa shape index (κ3) is 4.47. The van der Waals surface area contributed by atoms with E-state index in [1.807, 2.05) is 4.90 Å². The Balaban J connectivity index is 1.69. The van der Waals surface area contributed by atoms with Gasteiger partial charge in [-0.05, 0) is 25.1 Å². The van der Waals surface area contributed by atoms with Crippen LogP contribution >= 0.6 is 11.3 Å². The molecule has 1 aromatic carbocycles. The number of anilines is 2. The molecule has 2 saturated heterocycles. The smallest absolute Gasteiger partial charge is 0.259 e. The van der Waals surface area contributed by atoms with E-state index in [9.17, 15) is 13.2 Å². The number of rotatable bonds is 5. The topological polar surface area (TPSA) is 114 Å². The van der Waals surface area contributed by atoms with Gasteiger partial charge in [-0.1, -0.05) is 11.3 Å². The van der Waals surface area contributed by atoms with E-state index >= 15 is 0 Å². The number of nitrogens with zero attached hydrogens (tertiary/aromatic N) is 4. The van der Waals surface area contributed by atoms with Gasteiger partial charge in [0.1, 0.15) is 5.01 Å². The first-order valence-electron chi connectivity index (χ1n) is 9.61. The van der Waals surface area contributed by atoms with Gasteiger partial charge in [0.2, 0.25) is 15.2 Å². The summed E-state index contributed by atoms with van der Waals surface area (Å²) in [5, 5.41) is 11.7. The number of hydrogen-bond acceptors (Lipinski definition) is 9. The van der Waals surface area contributed by atoms with Crippen LogP contribution in [0.2, 0.25) is 0 Å². The molecular weight excluding hydrogens is 430 g/mol. The van der Waals surface area contributed by atoms with Gasteiger partial charge in [0.05, 0.1) is 36.9 Å². The van der Waals surface area contributed by atoms with Crippen molar-refractivity contribution in [1.82, 2.24) is 14.5 Å². The predicted octanol–water partition coefficient (Wildman–Crippen LogP) is 0.956. The van der Waals surface area contributed by atoms with Crippen LogP contribution in [0.3, 0.4) is 0 Å². The van der Waals surface area contributed by atoms with Crippen LogP contribution in [0.5, 0.6) is 0 Å². The number of hydrogen-bond donors (Lipinski definition) is 1. The molecule has 30 heavy (non-hydrogen) atoms. The Hall–Kier alpha value is -2.12. The van der Waals surface area contributed by atoms with Gasteiger partial charge in [-0.25, -0.2) is 8.42 Å². The highest BCUT2D eigenvalue weighted by Gasteiger charge is 2.29. The highest BCUT2D eigenvalue weighted by atomic mass is 32.2. The van der Waals surface area contributed by atoms with Crippen LogP contribution in [0.1, 0.15) is 15.4 Å². The van der Waals surface area contributed by atoms with E-state index in [4.69, 9.17) is 9.47 Å². The van der Waals surface area contributed by atoms with Gasteiger partial charge >= 0.3 is 0 Å².